The van der Waals surface area contributed by atoms with Crippen molar-refractivity contribution in [2.75, 3.05) is 18.8 Å². The highest BCUT2D eigenvalue weighted by Crippen LogP contribution is 2.19. The molecule has 1 fully saturated rings. The van der Waals surface area contributed by atoms with Gasteiger partial charge in [0.15, 0.2) is 9.84 Å². The van der Waals surface area contributed by atoms with E-state index < -0.39 is 15.7 Å². The Labute approximate surface area is 108 Å². The van der Waals surface area contributed by atoms with Crippen molar-refractivity contribution in [3.05, 3.63) is 34.1 Å². The molecule has 0 bridgehead atoms. The molecule has 0 radical (unpaired) electrons. The van der Waals surface area contributed by atoms with E-state index in [2.05, 4.69) is 21.2 Å². The second kappa shape index (κ2) is 5.04. The Bertz CT molecular complexity index is 514. The van der Waals surface area contributed by atoms with Crippen molar-refractivity contribution in [3.8, 4) is 0 Å². The minimum Gasteiger partial charge on any atom is -0.316 e. The second-order valence-electron chi connectivity index (χ2n) is 4.31. The molecule has 0 amide bonds. The third-order valence-corrected chi connectivity index (χ3v) is 4.96. The summed E-state index contributed by atoms with van der Waals surface area (Å²) in [5.41, 5.74) is 0.228. The smallest absolute Gasteiger partial charge is 0.154 e. The Morgan fingerprint density at radius 3 is 2.71 bits per heavy atom. The van der Waals surface area contributed by atoms with Gasteiger partial charge in [-0.15, -0.1) is 0 Å². The Morgan fingerprint density at radius 2 is 2.12 bits per heavy atom. The van der Waals surface area contributed by atoms with Crippen LogP contribution in [0.25, 0.3) is 0 Å². The molecule has 0 unspecified atom stereocenters. The summed E-state index contributed by atoms with van der Waals surface area (Å²) in [6.07, 6.45) is 0. The molecule has 0 atom stereocenters. The lowest BCUT2D eigenvalue weighted by molar-refractivity contribution is 0.378. The maximum Gasteiger partial charge on any atom is 0.154 e. The molecule has 1 saturated heterocycles. The lowest BCUT2D eigenvalue weighted by Gasteiger charge is -2.26. The van der Waals surface area contributed by atoms with E-state index in [1.807, 2.05) is 0 Å². The predicted octanol–water partition coefficient (Wildman–Crippen LogP) is 1.72. The van der Waals surface area contributed by atoms with E-state index in [9.17, 15) is 12.8 Å². The number of sulfone groups is 1. The topological polar surface area (TPSA) is 46.2 Å². The summed E-state index contributed by atoms with van der Waals surface area (Å²) in [6.45, 7) is 1.47. The summed E-state index contributed by atoms with van der Waals surface area (Å²) in [4.78, 5) is 0. The van der Waals surface area contributed by atoms with E-state index in [0.717, 1.165) is 13.1 Å². The molecule has 6 heteroatoms. The molecule has 0 saturated carbocycles. The van der Waals surface area contributed by atoms with Crippen LogP contribution < -0.4 is 5.32 Å². The molecule has 1 aliphatic rings. The van der Waals surface area contributed by atoms with Crippen LogP contribution in [0.1, 0.15) is 5.56 Å². The average molecular weight is 322 g/mol. The summed E-state index contributed by atoms with van der Waals surface area (Å²) in [5.74, 6) is -0.389. The molecule has 0 spiro atoms. The first-order valence-corrected chi connectivity index (χ1v) is 7.93. The maximum atomic E-state index is 13.4. The molecule has 1 aromatic rings. The minimum absolute atomic E-state index is 0.131. The zero-order valence-electron chi connectivity index (χ0n) is 9.12. The molecule has 3 nitrogen and oxygen atoms in total. The van der Waals surface area contributed by atoms with Crippen LogP contribution in [0.15, 0.2) is 22.7 Å². The number of hydrogen-bond donors (Lipinski definition) is 1. The predicted molar refractivity (Wildman–Crippen MR) is 68.0 cm³/mol. The summed E-state index contributed by atoms with van der Waals surface area (Å²) in [5, 5.41) is 3.02. The van der Waals surface area contributed by atoms with Crippen LogP contribution >= 0.6 is 15.9 Å². The molecular weight excluding hydrogens is 309 g/mol. The summed E-state index contributed by atoms with van der Waals surface area (Å²) in [6, 6.07) is 4.35. The number of benzene rings is 1. The van der Waals surface area contributed by atoms with Gasteiger partial charge in [-0.3, -0.25) is 0 Å². The molecule has 1 aliphatic heterocycles. The molecule has 2 rings (SSSR count). The lowest BCUT2D eigenvalue weighted by atomic mass is 10.1. The summed E-state index contributed by atoms with van der Waals surface area (Å²) in [7, 11) is -3.23. The quantitative estimate of drug-likeness (QED) is 0.918. The van der Waals surface area contributed by atoms with E-state index >= 15 is 0 Å². The number of halogens is 2. The molecule has 1 aromatic carbocycles. The molecule has 1 heterocycles. The number of hydrogen-bond acceptors (Lipinski definition) is 3. The van der Waals surface area contributed by atoms with Gasteiger partial charge in [0, 0.05) is 23.1 Å². The second-order valence-corrected chi connectivity index (χ2v) is 7.34. The SMILES string of the molecule is O=S(=O)(Cc1cc(Br)ccc1F)CC1CNC1. The first-order chi connectivity index (χ1) is 7.96. The van der Waals surface area contributed by atoms with Crippen molar-refractivity contribution in [1.29, 1.82) is 0 Å². The molecular formula is C11H13BrFNO2S. The van der Waals surface area contributed by atoms with Gasteiger partial charge in [-0.05, 0) is 24.1 Å². The monoisotopic (exact) mass is 321 g/mol. The first kappa shape index (κ1) is 13.0. The van der Waals surface area contributed by atoms with Gasteiger partial charge in [0.2, 0.25) is 0 Å². The highest BCUT2D eigenvalue weighted by atomic mass is 79.9. The van der Waals surface area contributed by atoms with Crippen LogP contribution in [0.2, 0.25) is 0 Å². The van der Waals surface area contributed by atoms with Crippen LogP contribution in [-0.2, 0) is 15.6 Å². The first-order valence-electron chi connectivity index (χ1n) is 5.31. The van der Waals surface area contributed by atoms with Gasteiger partial charge in [-0.25, -0.2) is 12.8 Å². The molecule has 0 aliphatic carbocycles. The van der Waals surface area contributed by atoms with Gasteiger partial charge in [-0.1, -0.05) is 15.9 Å². The van der Waals surface area contributed by atoms with E-state index in [-0.39, 0.29) is 23.0 Å². The van der Waals surface area contributed by atoms with Crippen LogP contribution in [0, 0.1) is 11.7 Å². The van der Waals surface area contributed by atoms with Crippen molar-refractivity contribution in [2.24, 2.45) is 5.92 Å². The number of rotatable bonds is 4. The van der Waals surface area contributed by atoms with Crippen LogP contribution in [0.4, 0.5) is 4.39 Å². The van der Waals surface area contributed by atoms with E-state index in [0.29, 0.717) is 4.47 Å². The van der Waals surface area contributed by atoms with Gasteiger partial charge in [0.05, 0.1) is 11.5 Å². The summed E-state index contributed by atoms with van der Waals surface area (Å²) >= 11 is 3.21. The normalized spacial score (nSPS) is 16.8. The van der Waals surface area contributed by atoms with Crippen LogP contribution in [-0.4, -0.2) is 27.3 Å². The fourth-order valence-electron chi connectivity index (χ4n) is 1.78. The third kappa shape index (κ3) is 3.50. The Hall–Kier alpha value is -0.460. The van der Waals surface area contributed by atoms with Crippen LogP contribution in [0.5, 0.6) is 0 Å². The van der Waals surface area contributed by atoms with E-state index in [4.69, 9.17) is 0 Å². The fourth-order valence-corrected chi connectivity index (χ4v) is 3.95. The van der Waals surface area contributed by atoms with Gasteiger partial charge < -0.3 is 5.32 Å². The highest BCUT2D eigenvalue weighted by molar-refractivity contribution is 9.10. The van der Waals surface area contributed by atoms with E-state index in [1.165, 1.54) is 12.1 Å². The van der Waals surface area contributed by atoms with Gasteiger partial charge in [-0.2, -0.15) is 0 Å². The fraction of sp³-hybridized carbons (Fsp3) is 0.455. The van der Waals surface area contributed by atoms with Crippen molar-refractivity contribution in [1.82, 2.24) is 5.32 Å². The van der Waals surface area contributed by atoms with Crippen molar-refractivity contribution in [2.45, 2.75) is 5.75 Å². The third-order valence-electron chi connectivity index (χ3n) is 2.74. The summed E-state index contributed by atoms with van der Waals surface area (Å²) < 4.78 is 37.8. The van der Waals surface area contributed by atoms with Crippen molar-refractivity contribution >= 4 is 25.8 Å². The molecule has 94 valence electrons. The van der Waals surface area contributed by atoms with Crippen molar-refractivity contribution in [3.63, 3.8) is 0 Å². The molecule has 17 heavy (non-hydrogen) atoms. The lowest BCUT2D eigenvalue weighted by Crippen LogP contribution is -2.45. The maximum absolute atomic E-state index is 13.4. The zero-order valence-corrected chi connectivity index (χ0v) is 11.5. The molecule has 0 aromatic heterocycles. The number of nitrogens with one attached hydrogen (secondary N) is 1. The largest absolute Gasteiger partial charge is 0.316 e. The minimum atomic E-state index is -3.23. The van der Waals surface area contributed by atoms with E-state index in [1.54, 1.807) is 6.07 Å². The Morgan fingerprint density at radius 1 is 1.41 bits per heavy atom. The van der Waals surface area contributed by atoms with Crippen molar-refractivity contribution < 1.29 is 12.8 Å². The average Bonchev–Trinajstić information content (AvgIpc) is 2.18. The van der Waals surface area contributed by atoms with Gasteiger partial charge in [0.1, 0.15) is 5.82 Å². The van der Waals surface area contributed by atoms with Crippen LogP contribution in [0.3, 0.4) is 0 Å². The Balaban J connectivity index is 2.10. The standard InChI is InChI=1S/C11H13BrFNO2S/c12-10-1-2-11(13)9(3-10)7-17(15,16)6-8-4-14-5-8/h1-3,8,14H,4-7H2. The zero-order chi connectivity index (χ0) is 12.5. The highest BCUT2D eigenvalue weighted by Gasteiger charge is 2.25. The van der Waals surface area contributed by atoms with Gasteiger partial charge in [0.25, 0.3) is 0 Å². The Kier molecular flexibility index (Phi) is 3.85. The molecule has 1 N–H and O–H groups in total. The van der Waals surface area contributed by atoms with Gasteiger partial charge >= 0.3 is 0 Å².